The minimum absolute atomic E-state index is 0.0201. The highest BCUT2D eigenvalue weighted by atomic mass is 32.2. The van der Waals surface area contributed by atoms with Crippen LogP contribution in [0.15, 0.2) is 41.7 Å². The van der Waals surface area contributed by atoms with Gasteiger partial charge in [0.25, 0.3) is 5.91 Å². The second-order valence-electron chi connectivity index (χ2n) is 6.04. The third-order valence-corrected chi connectivity index (χ3v) is 4.51. The van der Waals surface area contributed by atoms with Gasteiger partial charge < -0.3 is 15.4 Å². The number of benzene rings is 1. The Morgan fingerprint density at radius 3 is 2.79 bits per heavy atom. The van der Waals surface area contributed by atoms with E-state index in [9.17, 15) is 4.79 Å². The number of hydrogen-bond acceptors (Lipinski definition) is 7. The zero-order valence-corrected chi connectivity index (χ0v) is 16.8. The molecule has 0 aliphatic carbocycles. The maximum atomic E-state index is 12.0. The summed E-state index contributed by atoms with van der Waals surface area (Å²) in [5, 5.41) is 12.2. The molecule has 0 aliphatic rings. The first-order valence-corrected chi connectivity index (χ1v) is 10.4. The van der Waals surface area contributed by atoms with Crippen molar-refractivity contribution in [2.24, 2.45) is 0 Å². The Labute approximate surface area is 168 Å². The molecule has 0 spiro atoms. The minimum Gasteiger partial charge on any atom is -0.484 e. The summed E-state index contributed by atoms with van der Waals surface area (Å²) in [6.07, 6.45) is 4.71. The summed E-state index contributed by atoms with van der Waals surface area (Å²) in [7, 11) is 0. The van der Waals surface area contributed by atoms with Crippen LogP contribution >= 0.6 is 11.8 Å². The van der Waals surface area contributed by atoms with Gasteiger partial charge in [0.1, 0.15) is 11.6 Å². The van der Waals surface area contributed by atoms with Gasteiger partial charge in [-0.3, -0.25) is 4.79 Å². The number of carbonyl (C=O) groups excluding carboxylic acids is 1. The number of rotatable bonds is 10. The molecule has 0 fully saturated rings. The molecule has 2 aromatic heterocycles. The average molecular weight is 401 g/mol. The topological polar surface area (TPSA) is 94.0 Å². The van der Waals surface area contributed by atoms with E-state index in [1.165, 1.54) is 11.8 Å². The maximum Gasteiger partial charge on any atom is 0.258 e. The Morgan fingerprint density at radius 2 is 2.04 bits per heavy atom. The van der Waals surface area contributed by atoms with Crippen molar-refractivity contribution in [2.45, 2.75) is 25.0 Å². The number of para-hydroxylation sites is 1. The van der Waals surface area contributed by atoms with Gasteiger partial charge in [-0.25, -0.2) is 14.6 Å². The van der Waals surface area contributed by atoms with Gasteiger partial charge in [-0.2, -0.15) is 5.10 Å². The van der Waals surface area contributed by atoms with Crippen molar-refractivity contribution in [1.82, 2.24) is 25.1 Å². The molecule has 0 radical (unpaired) electrons. The number of nitrogens with one attached hydrogen (secondary N) is 2. The second kappa shape index (κ2) is 9.93. The molecule has 0 unspecified atom stereocenters. The zero-order chi connectivity index (χ0) is 19.8. The SMILES string of the molecule is CCCNc1nc(SC)nc2c1cnn2CCNC(=O)COc1ccccc1. The van der Waals surface area contributed by atoms with Gasteiger partial charge in [-0.1, -0.05) is 36.9 Å². The predicted molar refractivity (Wildman–Crippen MR) is 111 cm³/mol. The molecule has 8 nitrogen and oxygen atoms in total. The van der Waals surface area contributed by atoms with Gasteiger partial charge in [0, 0.05) is 13.1 Å². The molecule has 0 atom stereocenters. The Bertz CT molecular complexity index is 915. The molecule has 0 saturated carbocycles. The van der Waals surface area contributed by atoms with E-state index in [0.29, 0.717) is 24.0 Å². The highest BCUT2D eigenvalue weighted by Gasteiger charge is 2.12. The van der Waals surface area contributed by atoms with Crippen LogP contribution < -0.4 is 15.4 Å². The van der Waals surface area contributed by atoms with Crippen LogP contribution in [0, 0.1) is 0 Å². The first kappa shape index (κ1) is 19.9. The van der Waals surface area contributed by atoms with E-state index in [1.807, 2.05) is 36.6 Å². The second-order valence-corrected chi connectivity index (χ2v) is 6.82. The molecule has 0 aliphatic heterocycles. The van der Waals surface area contributed by atoms with Gasteiger partial charge in [0.15, 0.2) is 17.4 Å². The van der Waals surface area contributed by atoms with E-state index >= 15 is 0 Å². The molecule has 1 aromatic carbocycles. The van der Waals surface area contributed by atoms with Crippen LogP contribution in [0.5, 0.6) is 5.75 Å². The smallest absolute Gasteiger partial charge is 0.258 e. The highest BCUT2D eigenvalue weighted by Crippen LogP contribution is 2.23. The number of carbonyl (C=O) groups is 1. The summed E-state index contributed by atoms with van der Waals surface area (Å²) >= 11 is 1.49. The normalized spacial score (nSPS) is 10.8. The molecule has 3 rings (SSSR count). The van der Waals surface area contributed by atoms with Crippen molar-refractivity contribution in [2.75, 3.05) is 31.3 Å². The molecule has 9 heteroatoms. The van der Waals surface area contributed by atoms with Gasteiger partial charge in [-0.15, -0.1) is 0 Å². The molecule has 148 valence electrons. The molecule has 0 saturated heterocycles. The average Bonchev–Trinajstić information content (AvgIpc) is 3.14. The first-order chi connectivity index (χ1) is 13.7. The maximum absolute atomic E-state index is 12.0. The molecular weight excluding hydrogens is 376 g/mol. The molecule has 2 heterocycles. The lowest BCUT2D eigenvalue weighted by Gasteiger charge is -2.09. The molecule has 3 aromatic rings. The van der Waals surface area contributed by atoms with Gasteiger partial charge in [0.05, 0.1) is 18.1 Å². The number of ether oxygens (including phenoxy) is 1. The lowest BCUT2D eigenvalue weighted by molar-refractivity contribution is -0.123. The standard InChI is InChI=1S/C19H24N6O2S/c1-3-9-21-17-15-12-22-25(18(15)24-19(23-17)28-2)11-10-20-16(26)13-27-14-7-5-4-6-8-14/h4-8,12H,3,9-11,13H2,1-2H3,(H,20,26)(H,21,23,24). The van der Waals surface area contributed by atoms with Crippen molar-refractivity contribution < 1.29 is 9.53 Å². The van der Waals surface area contributed by atoms with E-state index in [0.717, 1.165) is 29.8 Å². The third-order valence-electron chi connectivity index (χ3n) is 3.96. The van der Waals surface area contributed by atoms with Crippen molar-refractivity contribution in [1.29, 1.82) is 0 Å². The summed E-state index contributed by atoms with van der Waals surface area (Å²) in [5.74, 6) is 1.29. The van der Waals surface area contributed by atoms with Gasteiger partial charge in [-0.05, 0) is 24.8 Å². The van der Waals surface area contributed by atoms with E-state index in [1.54, 1.807) is 10.9 Å². The Kier molecular flexibility index (Phi) is 7.07. The molecule has 1 amide bonds. The van der Waals surface area contributed by atoms with Crippen molar-refractivity contribution >= 4 is 34.5 Å². The number of thioether (sulfide) groups is 1. The van der Waals surface area contributed by atoms with Crippen LogP contribution in [0.25, 0.3) is 11.0 Å². The van der Waals surface area contributed by atoms with Crippen LogP contribution in [0.4, 0.5) is 5.82 Å². The fourth-order valence-corrected chi connectivity index (χ4v) is 2.95. The Hall–Kier alpha value is -2.81. The number of hydrogen-bond donors (Lipinski definition) is 2. The minimum atomic E-state index is -0.176. The largest absolute Gasteiger partial charge is 0.484 e. The van der Waals surface area contributed by atoms with Crippen LogP contribution in [-0.4, -0.2) is 51.6 Å². The van der Waals surface area contributed by atoms with Gasteiger partial charge in [0.2, 0.25) is 0 Å². The fraction of sp³-hybridized carbons (Fsp3) is 0.368. The summed E-state index contributed by atoms with van der Waals surface area (Å²) in [5.41, 5.74) is 0.757. The van der Waals surface area contributed by atoms with Crippen LogP contribution in [0.2, 0.25) is 0 Å². The molecule has 0 bridgehead atoms. The fourth-order valence-electron chi connectivity index (χ4n) is 2.59. The van der Waals surface area contributed by atoms with E-state index in [-0.39, 0.29) is 12.5 Å². The summed E-state index contributed by atoms with van der Waals surface area (Å²) in [6, 6.07) is 9.26. The quantitative estimate of drug-likeness (QED) is 0.399. The van der Waals surface area contributed by atoms with Crippen molar-refractivity contribution in [3.63, 3.8) is 0 Å². The van der Waals surface area contributed by atoms with E-state index < -0.39 is 0 Å². The molecule has 28 heavy (non-hydrogen) atoms. The third kappa shape index (κ3) is 5.13. The van der Waals surface area contributed by atoms with Crippen LogP contribution in [0.3, 0.4) is 0 Å². The number of aromatic nitrogens is 4. The van der Waals surface area contributed by atoms with Crippen molar-refractivity contribution in [3.05, 3.63) is 36.5 Å². The first-order valence-electron chi connectivity index (χ1n) is 9.17. The van der Waals surface area contributed by atoms with E-state index in [2.05, 4.69) is 32.6 Å². The van der Waals surface area contributed by atoms with Crippen LogP contribution in [0.1, 0.15) is 13.3 Å². The lowest BCUT2D eigenvalue weighted by atomic mass is 10.3. The van der Waals surface area contributed by atoms with Gasteiger partial charge >= 0.3 is 0 Å². The van der Waals surface area contributed by atoms with Crippen molar-refractivity contribution in [3.8, 4) is 5.75 Å². The Balaban J connectivity index is 1.58. The number of anilines is 1. The summed E-state index contributed by atoms with van der Waals surface area (Å²) in [6.45, 7) is 3.87. The molecular formula is C19H24N6O2S. The number of fused-ring (bicyclic) bond motifs is 1. The lowest BCUT2D eigenvalue weighted by Crippen LogP contribution is -2.31. The van der Waals surface area contributed by atoms with Crippen LogP contribution in [-0.2, 0) is 11.3 Å². The van der Waals surface area contributed by atoms with E-state index in [4.69, 9.17) is 4.74 Å². The summed E-state index contributed by atoms with van der Waals surface area (Å²) in [4.78, 5) is 21.1. The zero-order valence-electron chi connectivity index (χ0n) is 16.0. The number of amides is 1. The summed E-state index contributed by atoms with van der Waals surface area (Å²) < 4.78 is 7.23. The molecule has 2 N–H and O–H groups in total. The number of nitrogens with zero attached hydrogens (tertiary/aromatic N) is 4. The predicted octanol–water partition coefficient (Wildman–Crippen LogP) is 2.57. The Morgan fingerprint density at radius 1 is 1.21 bits per heavy atom. The monoisotopic (exact) mass is 400 g/mol. The highest BCUT2D eigenvalue weighted by molar-refractivity contribution is 7.98.